The molecule has 0 N–H and O–H groups in total. The number of rotatable bonds is 4. The van der Waals surface area contributed by atoms with E-state index in [0.29, 0.717) is 0 Å². The molecule has 12 rings (SSSR count). The minimum Gasteiger partial charge on any atom is -0.376 e. The average molecular weight is 745 g/mol. The van der Waals surface area contributed by atoms with E-state index in [0.717, 1.165) is 6.42 Å². The Kier molecular flexibility index (Phi) is 7.19. The molecule has 4 aliphatic rings. The van der Waals surface area contributed by atoms with Gasteiger partial charge in [-0.2, -0.15) is 0 Å². The van der Waals surface area contributed by atoms with Crippen LogP contribution in [0.3, 0.4) is 0 Å². The van der Waals surface area contributed by atoms with E-state index in [9.17, 15) is 0 Å². The maximum atomic E-state index is 2.87. The van der Waals surface area contributed by atoms with Crippen molar-refractivity contribution >= 4 is 51.3 Å². The predicted molar refractivity (Wildman–Crippen MR) is 247 cm³/mol. The molecule has 0 spiro atoms. The first-order valence-corrected chi connectivity index (χ1v) is 21.2. The summed E-state index contributed by atoms with van der Waals surface area (Å²) in [6.45, 7) is 7.42. The molecule has 2 nitrogen and oxygen atoms in total. The first-order chi connectivity index (χ1) is 28.4. The van der Waals surface area contributed by atoms with Crippen LogP contribution in [0.2, 0.25) is 0 Å². The largest absolute Gasteiger partial charge is 0.376 e. The van der Waals surface area contributed by atoms with Crippen molar-refractivity contribution in [1.29, 1.82) is 0 Å². The van der Waals surface area contributed by atoms with Gasteiger partial charge in [0.25, 0.3) is 0 Å². The van der Waals surface area contributed by atoms with Gasteiger partial charge in [0.05, 0.1) is 5.54 Å². The monoisotopic (exact) mass is 744 g/mol. The van der Waals surface area contributed by atoms with E-state index >= 15 is 0 Å². The summed E-state index contributed by atoms with van der Waals surface area (Å²) in [6, 6.07) is 64.2. The van der Waals surface area contributed by atoms with Gasteiger partial charge in [-0.15, -0.1) is 0 Å². The first kappa shape index (κ1) is 33.8. The molecule has 0 aromatic heterocycles. The average Bonchev–Trinajstić information content (AvgIpc) is 3.49. The molecule has 8 aromatic rings. The van der Waals surface area contributed by atoms with Gasteiger partial charge in [-0.25, -0.2) is 0 Å². The van der Waals surface area contributed by atoms with Crippen molar-refractivity contribution in [3.05, 3.63) is 181 Å². The van der Waals surface area contributed by atoms with Crippen LogP contribution in [-0.2, 0) is 5.41 Å². The van der Waals surface area contributed by atoms with E-state index in [-0.39, 0.29) is 17.8 Å². The lowest BCUT2D eigenvalue weighted by atomic mass is 9.43. The molecule has 8 aromatic carbocycles. The smallest absolute Gasteiger partial charge is 0.333 e. The number of hydrogen-bond acceptors (Lipinski definition) is 2. The lowest BCUT2D eigenvalue weighted by molar-refractivity contribution is 0.195. The molecule has 0 saturated heterocycles. The van der Waals surface area contributed by atoms with E-state index < -0.39 is 0 Å². The molecule has 0 amide bonds. The van der Waals surface area contributed by atoms with Crippen LogP contribution in [0.4, 0.5) is 22.7 Å². The molecule has 1 aliphatic carbocycles. The molecule has 278 valence electrons. The quantitative estimate of drug-likeness (QED) is 0.166. The standard InChI is InChI=1S/C55H45BN2/c1-36-16-10-12-22-44(36)42-32-46-51-45-23-13-11-21-40(45)26-29-49(51)58(43-27-24-39(25-28-43)37-17-6-4-7-18-37)56-48-34-41(38-19-8-5-9-20-38)33-47-53(48)57(50(35-42)52(46)56)55(3)31-15-14-30-54(47,55)2/h4-13,16-29,32-35H,14-15,30-31H2,1-3H3. The maximum Gasteiger partial charge on any atom is 0.333 e. The number of nitrogens with zero attached hydrogens (tertiary/aromatic N) is 2. The third-order valence-corrected chi connectivity index (χ3v) is 14.7. The van der Waals surface area contributed by atoms with Gasteiger partial charge >= 0.3 is 6.85 Å². The van der Waals surface area contributed by atoms with E-state index in [1.54, 1.807) is 0 Å². The van der Waals surface area contributed by atoms with E-state index in [1.165, 1.54) is 119 Å². The minimum atomic E-state index is -0.0814. The Labute approximate surface area is 342 Å². The third kappa shape index (κ3) is 4.56. The Balaban J connectivity index is 1.22. The second kappa shape index (κ2) is 12.3. The van der Waals surface area contributed by atoms with Gasteiger partial charge in [0.2, 0.25) is 0 Å². The Bertz CT molecular complexity index is 2950. The SMILES string of the molecule is Cc1ccccc1-c1cc2c3c(c1)N1c4c(cc(-c5ccccc5)cc4C4(C)CCCCC14C)B3N(c1ccc(-c3ccccc3)cc1)c1ccc3ccccc3c1-2. The van der Waals surface area contributed by atoms with Gasteiger partial charge in [-0.3, -0.25) is 0 Å². The van der Waals surface area contributed by atoms with E-state index in [4.69, 9.17) is 0 Å². The van der Waals surface area contributed by atoms with Crippen LogP contribution in [0.5, 0.6) is 0 Å². The third-order valence-electron chi connectivity index (χ3n) is 14.7. The summed E-state index contributed by atoms with van der Waals surface area (Å²) < 4.78 is 0. The molecule has 1 fully saturated rings. The number of benzene rings is 8. The Morgan fingerprint density at radius 3 is 1.98 bits per heavy atom. The molecular weight excluding hydrogens is 699 g/mol. The van der Waals surface area contributed by atoms with Crippen LogP contribution in [-0.4, -0.2) is 12.4 Å². The second-order valence-corrected chi connectivity index (χ2v) is 17.6. The molecule has 2 atom stereocenters. The maximum absolute atomic E-state index is 2.87. The molecule has 1 saturated carbocycles. The molecule has 2 unspecified atom stereocenters. The van der Waals surface area contributed by atoms with Gasteiger partial charge in [0.1, 0.15) is 0 Å². The van der Waals surface area contributed by atoms with Gasteiger partial charge in [0, 0.05) is 33.7 Å². The summed E-state index contributed by atoms with van der Waals surface area (Å²) in [5.74, 6) is 0. The van der Waals surface area contributed by atoms with Crippen molar-refractivity contribution < 1.29 is 0 Å². The van der Waals surface area contributed by atoms with Crippen molar-refractivity contribution in [3.8, 4) is 44.5 Å². The lowest BCUT2D eigenvalue weighted by Gasteiger charge is -2.53. The van der Waals surface area contributed by atoms with E-state index in [2.05, 4.69) is 200 Å². The van der Waals surface area contributed by atoms with Crippen molar-refractivity contribution in [3.63, 3.8) is 0 Å². The fraction of sp³-hybridized carbons (Fsp3) is 0.164. The molecule has 3 heteroatoms. The van der Waals surface area contributed by atoms with Crippen molar-refractivity contribution in [2.45, 2.75) is 57.4 Å². The summed E-state index contributed by atoms with van der Waals surface area (Å²) in [4.78, 5) is 5.57. The Morgan fingerprint density at radius 1 is 0.534 bits per heavy atom. The van der Waals surface area contributed by atoms with Gasteiger partial charge in [-0.05, 0) is 135 Å². The van der Waals surface area contributed by atoms with Crippen LogP contribution in [0.15, 0.2) is 170 Å². The molecular formula is C55H45BN2. The highest BCUT2D eigenvalue weighted by Gasteiger charge is 2.62. The van der Waals surface area contributed by atoms with Crippen molar-refractivity contribution in [2.24, 2.45) is 0 Å². The van der Waals surface area contributed by atoms with Crippen molar-refractivity contribution in [1.82, 2.24) is 0 Å². The molecule has 0 bridgehead atoms. The number of hydrogen-bond donors (Lipinski definition) is 0. The highest BCUT2D eigenvalue weighted by atomic mass is 15.3. The molecule has 3 aliphatic heterocycles. The van der Waals surface area contributed by atoms with Gasteiger partial charge in [-0.1, -0.05) is 153 Å². The molecule has 58 heavy (non-hydrogen) atoms. The normalized spacial score (nSPS) is 19.7. The molecule has 0 radical (unpaired) electrons. The summed E-state index contributed by atoms with van der Waals surface area (Å²) >= 11 is 0. The first-order valence-electron chi connectivity index (χ1n) is 21.2. The minimum absolute atomic E-state index is 0.0130. The fourth-order valence-corrected chi connectivity index (χ4v) is 11.7. The van der Waals surface area contributed by atoms with Crippen LogP contribution in [0.25, 0.3) is 55.3 Å². The fourth-order valence-electron chi connectivity index (χ4n) is 11.7. The summed E-state index contributed by atoms with van der Waals surface area (Å²) in [5, 5.41) is 2.57. The number of fused-ring (bicyclic) bond motifs is 9. The zero-order valence-electron chi connectivity index (χ0n) is 33.5. The van der Waals surface area contributed by atoms with Gasteiger partial charge < -0.3 is 9.71 Å². The van der Waals surface area contributed by atoms with Crippen LogP contribution in [0.1, 0.15) is 50.7 Å². The summed E-state index contributed by atoms with van der Waals surface area (Å²) in [5.41, 5.74) is 21.2. The second-order valence-electron chi connectivity index (χ2n) is 17.6. The van der Waals surface area contributed by atoms with Crippen LogP contribution in [0, 0.1) is 6.92 Å². The van der Waals surface area contributed by atoms with E-state index in [1.807, 2.05) is 0 Å². The van der Waals surface area contributed by atoms with Gasteiger partial charge in [0.15, 0.2) is 0 Å². The van der Waals surface area contributed by atoms with Crippen molar-refractivity contribution in [2.75, 3.05) is 9.71 Å². The number of aryl methyl sites for hydroxylation is 1. The summed E-state index contributed by atoms with van der Waals surface area (Å²) in [7, 11) is 0. The van der Waals surface area contributed by atoms with Crippen LogP contribution >= 0.6 is 0 Å². The zero-order valence-corrected chi connectivity index (χ0v) is 33.5. The Morgan fingerprint density at radius 2 is 1.21 bits per heavy atom. The summed E-state index contributed by atoms with van der Waals surface area (Å²) in [6.07, 6.45) is 4.85. The van der Waals surface area contributed by atoms with Crippen LogP contribution < -0.4 is 20.6 Å². The number of anilines is 4. The molecule has 3 heterocycles. The highest BCUT2D eigenvalue weighted by Crippen LogP contribution is 2.63. The topological polar surface area (TPSA) is 6.48 Å². The predicted octanol–water partition coefficient (Wildman–Crippen LogP) is 13.1. The zero-order chi connectivity index (χ0) is 38.8. The highest BCUT2D eigenvalue weighted by molar-refractivity contribution is 6.93. The lowest BCUT2D eigenvalue weighted by Crippen LogP contribution is -2.64. The Hall–Kier alpha value is -6.32.